The molecule has 0 unspecified atom stereocenters. The van der Waals surface area contributed by atoms with Crippen LogP contribution in [0.4, 0.5) is 0 Å². The molecule has 8 heteroatoms. The van der Waals surface area contributed by atoms with Crippen LogP contribution < -0.4 is 9.46 Å². The van der Waals surface area contributed by atoms with Crippen LogP contribution in [0.2, 0.25) is 0 Å². The number of nitrogens with one attached hydrogen (secondary N) is 1. The molecule has 1 aliphatic heterocycles. The Morgan fingerprint density at radius 1 is 1.23 bits per heavy atom. The zero-order chi connectivity index (χ0) is 19.2. The first kappa shape index (κ1) is 20.7. The molecule has 1 amide bonds. The Labute approximate surface area is 155 Å². The molecule has 7 nitrogen and oxygen atoms in total. The summed E-state index contributed by atoms with van der Waals surface area (Å²) in [5, 5.41) is 0. The number of rotatable bonds is 8. The van der Waals surface area contributed by atoms with Gasteiger partial charge in [0.05, 0.1) is 18.1 Å². The van der Waals surface area contributed by atoms with Gasteiger partial charge >= 0.3 is 0 Å². The third-order valence-corrected chi connectivity index (χ3v) is 5.80. The smallest absolute Gasteiger partial charge is 0.263 e. The van der Waals surface area contributed by atoms with Crippen molar-refractivity contribution in [3.05, 3.63) is 24.3 Å². The SMILES string of the molecule is CCC[C@@H](C)NS(=O)(=O)c1ccc(O[C@@H](C)C(=O)N2CCOCC2)cc1. The molecule has 146 valence electrons. The number of amides is 1. The number of morpholine rings is 1. The second-order valence-corrected chi connectivity index (χ2v) is 8.19. The van der Waals surface area contributed by atoms with Crippen molar-refractivity contribution in [1.82, 2.24) is 9.62 Å². The molecule has 2 atom stereocenters. The van der Waals surface area contributed by atoms with Gasteiger partial charge in [-0.3, -0.25) is 4.79 Å². The van der Waals surface area contributed by atoms with Crippen molar-refractivity contribution in [3.63, 3.8) is 0 Å². The number of carbonyl (C=O) groups excluding carboxylic acids is 1. The lowest BCUT2D eigenvalue weighted by Gasteiger charge is -2.29. The van der Waals surface area contributed by atoms with Crippen LogP contribution in [0.1, 0.15) is 33.6 Å². The predicted octanol–water partition coefficient (Wildman–Crippen LogP) is 1.78. The van der Waals surface area contributed by atoms with Gasteiger partial charge in [-0.1, -0.05) is 13.3 Å². The summed E-state index contributed by atoms with van der Waals surface area (Å²) in [5.74, 6) is 0.361. The van der Waals surface area contributed by atoms with Crippen LogP contribution in [0.25, 0.3) is 0 Å². The molecular formula is C18H28N2O5S. The number of nitrogens with zero attached hydrogens (tertiary/aromatic N) is 1. The number of ether oxygens (including phenoxy) is 2. The Morgan fingerprint density at radius 2 is 1.85 bits per heavy atom. The number of hydrogen-bond donors (Lipinski definition) is 1. The Morgan fingerprint density at radius 3 is 2.42 bits per heavy atom. The fraction of sp³-hybridized carbons (Fsp3) is 0.611. The number of hydrogen-bond acceptors (Lipinski definition) is 5. The van der Waals surface area contributed by atoms with Crippen molar-refractivity contribution in [2.45, 2.75) is 50.7 Å². The van der Waals surface area contributed by atoms with Gasteiger partial charge in [-0.2, -0.15) is 0 Å². The van der Waals surface area contributed by atoms with E-state index in [9.17, 15) is 13.2 Å². The lowest BCUT2D eigenvalue weighted by atomic mass is 10.2. The van der Waals surface area contributed by atoms with Gasteiger partial charge in [0.25, 0.3) is 5.91 Å². The fourth-order valence-electron chi connectivity index (χ4n) is 2.82. The molecule has 0 aromatic heterocycles. The third kappa shape index (κ3) is 5.69. The average molecular weight is 384 g/mol. The van der Waals surface area contributed by atoms with E-state index < -0.39 is 16.1 Å². The van der Waals surface area contributed by atoms with E-state index >= 15 is 0 Å². The monoisotopic (exact) mass is 384 g/mol. The summed E-state index contributed by atoms with van der Waals surface area (Å²) in [6.45, 7) is 7.74. The van der Waals surface area contributed by atoms with Gasteiger partial charge in [0.2, 0.25) is 10.0 Å². The highest BCUT2D eigenvalue weighted by atomic mass is 32.2. The molecule has 0 bridgehead atoms. The summed E-state index contributed by atoms with van der Waals surface area (Å²) in [5.41, 5.74) is 0. The maximum atomic E-state index is 12.4. The first-order valence-electron chi connectivity index (χ1n) is 8.99. The molecule has 1 aromatic rings. The van der Waals surface area contributed by atoms with Crippen LogP contribution in [0, 0.1) is 0 Å². The van der Waals surface area contributed by atoms with E-state index in [2.05, 4.69) is 4.72 Å². The van der Waals surface area contributed by atoms with E-state index in [1.807, 2.05) is 13.8 Å². The highest BCUT2D eigenvalue weighted by molar-refractivity contribution is 7.89. The van der Waals surface area contributed by atoms with E-state index in [1.165, 1.54) is 12.1 Å². The number of sulfonamides is 1. The van der Waals surface area contributed by atoms with Gasteiger partial charge in [0, 0.05) is 19.1 Å². The number of carbonyl (C=O) groups is 1. The Hall–Kier alpha value is -1.64. The molecule has 1 N–H and O–H groups in total. The highest BCUT2D eigenvalue weighted by Gasteiger charge is 2.24. The minimum Gasteiger partial charge on any atom is -0.481 e. The fourth-order valence-corrected chi connectivity index (χ4v) is 4.10. The first-order valence-corrected chi connectivity index (χ1v) is 10.5. The molecule has 1 saturated heterocycles. The van der Waals surface area contributed by atoms with Crippen LogP contribution >= 0.6 is 0 Å². The van der Waals surface area contributed by atoms with Crippen molar-refractivity contribution in [3.8, 4) is 5.75 Å². The lowest BCUT2D eigenvalue weighted by molar-refractivity contribution is -0.142. The molecule has 0 saturated carbocycles. The summed E-state index contributed by atoms with van der Waals surface area (Å²) in [6, 6.07) is 6.00. The first-order chi connectivity index (χ1) is 12.3. The molecule has 1 fully saturated rings. The lowest BCUT2D eigenvalue weighted by Crippen LogP contribution is -2.46. The normalized spacial score (nSPS) is 17.6. The molecular weight excluding hydrogens is 356 g/mol. The molecule has 0 spiro atoms. The van der Waals surface area contributed by atoms with E-state index in [0.717, 1.165) is 12.8 Å². The average Bonchev–Trinajstić information content (AvgIpc) is 2.62. The molecule has 1 aromatic carbocycles. The highest BCUT2D eigenvalue weighted by Crippen LogP contribution is 2.18. The maximum Gasteiger partial charge on any atom is 0.263 e. The van der Waals surface area contributed by atoms with Crippen molar-refractivity contribution in [1.29, 1.82) is 0 Å². The van der Waals surface area contributed by atoms with Crippen molar-refractivity contribution in [2.24, 2.45) is 0 Å². The molecule has 1 aliphatic rings. The standard InChI is InChI=1S/C18H28N2O5S/c1-4-5-14(2)19-26(22,23)17-8-6-16(7-9-17)25-15(3)18(21)20-10-12-24-13-11-20/h6-9,14-15,19H,4-5,10-13H2,1-3H3/t14-,15+/m1/s1. The van der Waals surface area contributed by atoms with E-state index in [0.29, 0.717) is 32.1 Å². The molecule has 26 heavy (non-hydrogen) atoms. The van der Waals surface area contributed by atoms with Crippen LogP contribution in [0.5, 0.6) is 5.75 Å². The largest absolute Gasteiger partial charge is 0.481 e. The molecule has 1 heterocycles. The van der Waals surface area contributed by atoms with Gasteiger partial charge in [-0.05, 0) is 44.5 Å². The van der Waals surface area contributed by atoms with Crippen molar-refractivity contribution < 1.29 is 22.7 Å². The second kappa shape index (κ2) is 9.34. The molecule has 0 radical (unpaired) electrons. The van der Waals surface area contributed by atoms with Crippen LogP contribution in [-0.2, 0) is 19.6 Å². The summed E-state index contributed by atoms with van der Waals surface area (Å²) in [4.78, 5) is 14.2. The predicted molar refractivity (Wildman–Crippen MR) is 98.6 cm³/mol. The van der Waals surface area contributed by atoms with Crippen LogP contribution in [0.3, 0.4) is 0 Å². The quantitative estimate of drug-likeness (QED) is 0.738. The summed E-state index contributed by atoms with van der Waals surface area (Å²) in [7, 11) is -3.56. The van der Waals surface area contributed by atoms with E-state index in [1.54, 1.807) is 24.0 Å². The topological polar surface area (TPSA) is 84.9 Å². The Kier molecular flexibility index (Phi) is 7.43. The molecule has 0 aliphatic carbocycles. The van der Waals surface area contributed by atoms with E-state index in [4.69, 9.17) is 9.47 Å². The van der Waals surface area contributed by atoms with Gasteiger partial charge in [0.1, 0.15) is 5.75 Å². The van der Waals surface area contributed by atoms with Crippen LogP contribution in [0.15, 0.2) is 29.2 Å². The van der Waals surface area contributed by atoms with Crippen molar-refractivity contribution in [2.75, 3.05) is 26.3 Å². The van der Waals surface area contributed by atoms with Crippen molar-refractivity contribution >= 4 is 15.9 Å². The maximum absolute atomic E-state index is 12.4. The van der Waals surface area contributed by atoms with Gasteiger partial charge in [-0.25, -0.2) is 13.1 Å². The minimum atomic E-state index is -3.56. The van der Waals surface area contributed by atoms with E-state index in [-0.39, 0.29) is 16.8 Å². The second-order valence-electron chi connectivity index (χ2n) is 6.48. The van der Waals surface area contributed by atoms with Gasteiger partial charge in [0.15, 0.2) is 6.10 Å². The third-order valence-electron chi connectivity index (χ3n) is 4.20. The van der Waals surface area contributed by atoms with Gasteiger partial charge < -0.3 is 14.4 Å². The summed E-state index contributed by atoms with van der Waals surface area (Å²) >= 11 is 0. The zero-order valence-electron chi connectivity index (χ0n) is 15.6. The Balaban J connectivity index is 1.97. The Bertz CT molecular complexity index is 684. The van der Waals surface area contributed by atoms with Gasteiger partial charge in [-0.15, -0.1) is 0 Å². The number of benzene rings is 1. The molecule has 2 rings (SSSR count). The zero-order valence-corrected chi connectivity index (χ0v) is 16.4. The summed E-state index contributed by atoms with van der Waals surface area (Å²) < 4.78 is 38.2. The minimum absolute atomic E-state index is 0.0972. The van der Waals surface area contributed by atoms with Crippen LogP contribution in [-0.4, -0.2) is 57.7 Å². The summed E-state index contributed by atoms with van der Waals surface area (Å²) in [6.07, 6.45) is 1.05.